The molecular weight excluding hydrogens is 294 g/mol. The summed E-state index contributed by atoms with van der Waals surface area (Å²) < 4.78 is 6.03. The standard InChI is InChI=1S/C22H13NO/c1-3-7-17-15(5-1)21-13-10-12-20-22(14(13)9-11-18(21)23-17)16-6-2-4-8-19(16)24-20/h1-12,23H. The Labute approximate surface area is 137 Å². The van der Waals surface area contributed by atoms with E-state index in [1.54, 1.807) is 0 Å². The van der Waals surface area contributed by atoms with E-state index in [2.05, 4.69) is 65.6 Å². The van der Waals surface area contributed by atoms with Crippen molar-refractivity contribution in [2.24, 2.45) is 0 Å². The highest BCUT2D eigenvalue weighted by atomic mass is 16.3. The van der Waals surface area contributed by atoms with E-state index in [0.717, 1.165) is 11.2 Å². The summed E-state index contributed by atoms with van der Waals surface area (Å²) in [5, 5.41) is 7.45. The van der Waals surface area contributed by atoms with Gasteiger partial charge >= 0.3 is 0 Å². The summed E-state index contributed by atoms with van der Waals surface area (Å²) in [5.74, 6) is 0. The van der Waals surface area contributed by atoms with E-state index < -0.39 is 0 Å². The molecule has 0 unspecified atom stereocenters. The quantitative estimate of drug-likeness (QED) is 0.347. The smallest absolute Gasteiger partial charge is 0.136 e. The van der Waals surface area contributed by atoms with Gasteiger partial charge in [-0.3, -0.25) is 0 Å². The number of fused-ring (bicyclic) bond motifs is 9. The van der Waals surface area contributed by atoms with Crippen molar-refractivity contribution in [2.45, 2.75) is 0 Å². The minimum absolute atomic E-state index is 0.944. The van der Waals surface area contributed by atoms with Crippen molar-refractivity contribution in [1.29, 1.82) is 0 Å². The molecule has 4 aromatic carbocycles. The van der Waals surface area contributed by atoms with Crippen molar-refractivity contribution in [1.82, 2.24) is 4.98 Å². The van der Waals surface area contributed by atoms with E-state index in [9.17, 15) is 0 Å². The van der Waals surface area contributed by atoms with Gasteiger partial charge in [0.1, 0.15) is 11.2 Å². The molecule has 2 heteroatoms. The number of hydrogen-bond donors (Lipinski definition) is 1. The van der Waals surface area contributed by atoms with E-state index in [1.807, 2.05) is 12.1 Å². The summed E-state index contributed by atoms with van der Waals surface area (Å²) in [6.07, 6.45) is 0. The van der Waals surface area contributed by atoms with Gasteiger partial charge in [0, 0.05) is 32.6 Å². The van der Waals surface area contributed by atoms with Crippen molar-refractivity contribution in [3.8, 4) is 0 Å². The Morgan fingerprint density at radius 2 is 1.25 bits per heavy atom. The molecule has 6 rings (SSSR count). The third-order valence-electron chi connectivity index (χ3n) is 5.00. The predicted octanol–water partition coefficient (Wildman–Crippen LogP) is 6.37. The molecule has 24 heavy (non-hydrogen) atoms. The van der Waals surface area contributed by atoms with Gasteiger partial charge in [0.15, 0.2) is 0 Å². The molecule has 0 fully saturated rings. The first-order valence-corrected chi connectivity index (χ1v) is 8.13. The maximum atomic E-state index is 6.03. The SMILES string of the molecule is c1ccc2c(c1)[nH]c1ccc3c(ccc4oc5ccccc5c43)c12. The lowest BCUT2D eigenvalue weighted by molar-refractivity contribution is 0.669. The monoisotopic (exact) mass is 307 g/mol. The number of furan rings is 1. The van der Waals surface area contributed by atoms with E-state index in [-0.39, 0.29) is 0 Å². The summed E-state index contributed by atoms with van der Waals surface area (Å²) in [6.45, 7) is 0. The molecule has 0 aliphatic rings. The number of aromatic amines is 1. The van der Waals surface area contributed by atoms with Crippen LogP contribution in [0.3, 0.4) is 0 Å². The summed E-state index contributed by atoms with van der Waals surface area (Å²) >= 11 is 0. The highest BCUT2D eigenvalue weighted by molar-refractivity contribution is 6.27. The molecule has 0 saturated heterocycles. The molecule has 2 heterocycles. The first kappa shape index (κ1) is 12.2. The molecule has 0 bridgehead atoms. The fraction of sp³-hybridized carbons (Fsp3) is 0. The van der Waals surface area contributed by atoms with E-state index in [0.29, 0.717) is 0 Å². The molecule has 2 nitrogen and oxygen atoms in total. The molecular formula is C22H13NO. The molecule has 0 amide bonds. The van der Waals surface area contributed by atoms with Gasteiger partial charge in [-0.15, -0.1) is 0 Å². The lowest BCUT2D eigenvalue weighted by atomic mass is 9.99. The average molecular weight is 307 g/mol. The molecule has 2 aromatic heterocycles. The Balaban J connectivity index is 1.93. The van der Waals surface area contributed by atoms with Crippen LogP contribution in [0.5, 0.6) is 0 Å². The molecule has 112 valence electrons. The predicted molar refractivity (Wildman–Crippen MR) is 101 cm³/mol. The second kappa shape index (κ2) is 4.18. The first-order valence-electron chi connectivity index (χ1n) is 8.13. The van der Waals surface area contributed by atoms with Crippen molar-refractivity contribution < 1.29 is 4.42 Å². The van der Waals surface area contributed by atoms with Gasteiger partial charge in [-0.05, 0) is 41.1 Å². The van der Waals surface area contributed by atoms with Gasteiger partial charge in [0.05, 0.1) is 0 Å². The van der Waals surface area contributed by atoms with Crippen LogP contribution in [0.15, 0.2) is 77.2 Å². The Bertz CT molecular complexity index is 1290. The summed E-state index contributed by atoms with van der Waals surface area (Å²) in [6, 6.07) is 25.4. The fourth-order valence-corrected chi connectivity index (χ4v) is 3.98. The summed E-state index contributed by atoms with van der Waals surface area (Å²) in [4.78, 5) is 3.53. The summed E-state index contributed by atoms with van der Waals surface area (Å²) in [7, 11) is 0. The second-order valence-electron chi connectivity index (χ2n) is 6.29. The molecule has 0 radical (unpaired) electrons. The third kappa shape index (κ3) is 1.41. The minimum atomic E-state index is 0.944. The van der Waals surface area contributed by atoms with Crippen molar-refractivity contribution >= 4 is 54.5 Å². The zero-order valence-electron chi connectivity index (χ0n) is 12.8. The fourth-order valence-electron chi connectivity index (χ4n) is 3.98. The maximum absolute atomic E-state index is 6.03. The lowest BCUT2D eigenvalue weighted by Gasteiger charge is -2.02. The highest BCUT2D eigenvalue weighted by Gasteiger charge is 2.13. The molecule has 0 aliphatic carbocycles. The van der Waals surface area contributed by atoms with Gasteiger partial charge < -0.3 is 9.40 Å². The molecule has 1 N–H and O–H groups in total. The number of H-pyrrole nitrogens is 1. The first-order chi connectivity index (χ1) is 11.9. The normalized spacial score (nSPS) is 12.2. The van der Waals surface area contributed by atoms with Crippen molar-refractivity contribution in [2.75, 3.05) is 0 Å². The Morgan fingerprint density at radius 1 is 0.500 bits per heavy atom. The number of aromatic nitrogens is 1. The van der Waals surface area contributed by atoms with E-state index in [1.165, 1.54) is 43.4 Å². The van der Waals surface area contributed by atoms with Crippen LogP contribution < -0.4 is 0 Å². The third-order valence-corrected chi connectivity index (χ3v) is 5.00. The van der Waals surface area contributed by atoms with Crippen LogP contribution >= 0.6 is 0 Å². The zero-order valence-corrected chi connectivity index (χ0v) is 12.8. The zero-order chi connectivity index (χ0) is 15.7. The minimum Gasteiger partial charge on any atom is -0.456 e. The lowest BCUT2D eigenvalue weighted by Crippen LogP contribution is -1.77. The van der Waals surface area contributed by atoms with Crippen molar-refractivity contribution in [3.05, 3.63) is 72.8 Å². The van der Waals surface area contributed by atoms with Crippen LogP contribution in [0.25, 0.3) is 54.5 Å². The number of nitrogens with one attached hydrogen (secondary N) is 1. The molecule has 0 aliphatic heterocycles. The van der Waals surface area contributed by atoms with E-state index in [4.69, 9.17) is 4.42 Å². The van der Waals surface area contributed by atoms with Crippen LogP contribution in [0.2, 0.25) is 0 Å². The second-order valence-corrected chi connectivity index (χ2v) is 6.29. The maximum Gasteiger partial charge on any atom is 0.136 e. The molecule has 0 saturated carbocycles. The highest BCUT2D eigenvalue weighted by Crippen LogP contribution is 2.39. The Morgan fingerprint density at radius 3 is 2.21 bits per heavy atom. The van der Waals surface area contributed by atoms with Gasteiger partial charge in [-0.25, -0.2) is 0 Å². The van der Waals surface area contributed by atoms with Gasteiger partial charge in [0.2, 0.25) is 0 Å². The molecule has 6 aromatic rings. The van der Waals surface area contributed by atoms with Crippen molar-refractivity contribution in [3.63, 3.8) is 0 Å². The summed E-state index contributed by atoms with van der Waals surface area (Å²) in [5.41, 5.74) is 4.25. The topological polar surface area (TPSA) is 28.9 Å². The van der Waals surface area contributed by atoms with E-state index >= 15 is 0 Å². The van der Waals surface area contributed by atoms with Gasteiger partial charge in [0.25, 0.3) is 0 Å². The largest absolute Gasteiger partial charge is 0.456 e. The molecule has 0 atom stereocenters. The number of para-hydroxylation sites is 2. The van der Waals surface area contributed by atoms with Gasteiger partial charge in [-0.2, -0.15) is 0 Å². The number of benzene rings is 4. The van der Waals surface area contributed by atoms with Gasteiger partial charge in [-0.1, -0.05) is 42.5 Å². The average Bonchev–Trinajstić information content (AvgIpc) is 3.19. The van der Waals surface area contributed by atoms with Crippen LogP contribution in [0.4, 0.5) is 0 Å². The van der Waals surface area contributed by atoms with Crippen LogP contribution in [-0.2, 0) is 0 Å². The number of rotatable bonds is 0. The molecule has 0 spiro atoms. The number of hydrogen-bond acceptors (Lipinski definition) is 1. The van der Waals surface area contributed by atoms with Crippen LogP contribution in [-0.4, -0.2) is 4.98 Å². The van der Waals surface area contributed by atoms with Crippen LogP contribution in [0, 0.1) is 0 Å². The Kier molecular flexibility index (Phi) is 2.12. The van der Waals surface area contributed by atoms with Crippen LogP contribution in [0.1, 0.15) is 0 Å². The Hall–Kier alpha value is -3.26.